The molecule has 1 N–H and O–H groups in total. The summed E-state index contributed by atoms with van der Waals surface area (Å²) in [4.78, 5) is 11.3. The Labute approximate surface area is 126 Å². The highest BCUT2D eigenvalue weighted by atomic mass is 35.5. The Morgan fingerprint density at radius 3 is 2.67 bits per heavy atom. The van der Waals surface area contributed by atoms with E-state index >= 15 is 0 Å². The van der Waals surface area contributed by atoms with Gasteiger partial charge in [-0.1, -0.05) is 11.6 Å². The number of ether oxygens (including phenoxy) is 2. The Kier molecular flexibility index (Phi) is 4.37. The number of aryl methyl sites for hydroxylation is 2. The lowest BCUT2D eigenvalue weighted by atomic mass is 10.2. The lowest BCUT2D eigenvalue weighted by Crippen LogP contribution is -2.08. The van der Waals surface area contributed by atoms with E-state index in [0.717, 1.165) is 11.4 Å². The Hall–Kier alpha value is -2.21. The lowest BCUT2D eigenvalue weighted by molar-refractivity contribution is 0.0690. The van der Waals surface area contributed by atoms with Crippen molar-refractivity contribution in [1.82, 2.24) is 9.78 Å². The largest absolute Gasteiger partial charge is 0.493 e. The maximum atomic E-state index is 11.3. The summed E-state index contributed by atoms with van der Waals surface area (Å²) in [5, 5.41) is 13.7. The number of aromatic carboxylic acids is 1. The molecule has 0 aliphatic rings. The molecule has 6 nitrogen and oxygen atoms in total. The van der Waals surface area contributed by atoms with Crippen LogP contribution >= 0.6 is 11.6 Å². The van der Waals surface area contributed by atoms with Crippen LogP contribution in [0.2, 0.25) is 5.02 Å². The second-order valence-electron chi connectivity index (χ2n) is 4.48. The molecule has 0 aliphatic carbocycles. The lowest BCUT2D eigenvalue weighted by Gasteiger charge is -2.13. The van der Waals surface area contributed by atoms with Gasteiger partial charge in [0.15, 0.2) is 11.5 Å². The van der Waals surface area contributed by atoms with Gasteiger partial charge in [0.05, 0.1) is 18.5 Å². The topological polar surface area (TPSA) is 73.6 Å². The zero-order chi connectivity index (χ0) is 15.6. The van der Waals surface area contributed by atoms with Gasteiger partial charge in [0.2, 0.25) is 0 Å². The number of halogens is 1. The van der Waals surface area contributed by atoms with E-state index in [-0.39, 0.29) is 28.7 Å². The highest BCUT2D eigenvalue weighted by Crippen LogP contribution is 2.35. The maximum Gasteiger partial charge on any atom is 0.339 e. The molecule has 0 aliphatic heterocycles. The number of carboxylic acids is 1. The second-order valence-corrected chi connectivity index (χ2v) is 4.92. The van der Waals surface area contributed by atoms with Crippen LogP contribution in [0.25, 0.3) is 0 Å². The fraction of sp³-hybridized carbons (Fsp3) is 0.286. The minimum atomic E-state index is -1.13. The molecule has 112 valence electrons. The van der Waals surface area contributed by atoms with E-state index in [1.165, 1.54) is 19.2 Å². The molecule has 0 amide bonds. The van der Waals surface area contributed by atoms with E-state index in [2.05, 4.69) is 5.10 Å². The molecule has 7 heteroatoms. The van der Waals surface area contributed by atoms with Crippen LogP contribution in [0.1, 0.15) is 21.7 Å². The molecular formula is C14H15ClN2O4. The van der Waals surface area contributed by atoms with Crippen LogP contribution in [0.4, 0.5) is 0 Å². The molecular weight excluding hydrogens is 296 g/mol. The van der Waals surface area contributed by atoms with Gasteiger partial charge in [-0.3, -0.25) is 4.68 Å². The van der Waals surface area contributed by atoms with E-state index < -0.39 is 5.97 Å². The van der Waals surface area contributed by atoms with Crippen molar-refractivity contribution in [3.05, 3.63) is 40.2 Å². The first-order valence-electron chi connectivity index (χ1n) is 6.15. The van der Waals surface area contributed by atoms with Crippen molar-refractivity contribution >= 4 is 17.6 Å². The number of hydrogen-bond acceptors (Lipinski definition) is 4. The van der Waals surface area contributed by atoms with Gasteiger partial charge < -0.3 is 14.6 Å². The summed E-state index contributed by atoms with van der Waals surface area (Å²) >= 11 is 5.88. The minimum Gasteiger partial charge on any atom is -0.493 e. The summed E-state index contributed by atoms with van der Waals surface area (Å²) in [6.45, 7) is 2.05. The third-order valence-electron chi connectivity index (χ3n) is 2.93. The van der Waals surface area contributed by atoms with Gasteiger partial charge in [-0.15, -0.1) is 0 Å². The molecule has 0 atom stereocenters. The van der Waals surface area contributed by atoms with Gasteiger partial charge in [0.25, 0.3) is 0 Å². The number of rotatable bonds is 5. The molecule has 1 aromatic carbocycles. The Morgan fingerprint density at radius 2 is 2.14 bits per heavy atom. The molecule has 1 aromatic heterocycles. The van der Waals surface area contributed by atoms with Gasteiger partial charge in [-0.25, -0.2) is 4.79 Å². The third-order valence-corrected chi connectivity index (χ3v) is 3.15. The third kappa shape index (κ3) is 3.28. The zero-order valence-electron chi connectivity index (χ0n) is 11.9. The minimum absolute atomic E-state index is 0.0433. The molecule has 0 saturated carbocycles. The van der Waals surface area contributed by atoms with Crippen LogP contribution in [-0.4, -0.2) is 28.0 Å². The molecule has 2 rings (SSSR count). The van der Waals surface area contributed by atoms with Crippen molar-refractivity contribution in [3.63, 3.8) is 0 Å². The summed E-state index contributed by atoms with van der Waals surface area (Å²) in [5.41, 5.74) is 1.64. The van der Waals surface area contributed by atoms with Crippen molar-refractivity contribution in [3.8, 4) is 11.5 Å². The second kappa shape index (κ2) is 6.05. The molecule has 0 radical (unpaired) electrons. The summed E-state index contributed by atoms with van der Waals surface area (Å²) < 4.78 is 12.5. The summed E-state index contributed by atoms with van der Waals surface area (Å²) in [7, 11) is 3.22. The van der Waals surface area contributed by atoms with E-state index in [9.17, 15) is 9.90 Å². The Balaban J connectivity index is 2.34. The Bertz CT molecular complexity index is 682. The van der Waals surface area contributed by atoms with E-state index in [4.69, 9.17) is 21.1 Å². The molecule has 0 bridgehead atoms. The van der Waals surface area contributed by atoms with E-state index in [0.29, 0.717) is 0 Å². The highest BCUT2D eigenvalue weighted by Gasteiger charge is 2.19. The number of nitrogens with zero attached hydrogens (tertiary/aromatic N) is 2. The van der Waals surface area contributed by atoms with E-state index in [1.54, 1.807) is 11.7 Å². The van der Waals surface area contributed by atoms with Crippen molar-refractivity contribution in [2.45, 2.75) is 13.5 Å². The number of carbonyl (C=O) groups is 1. The molecule has 21 heavy (non-hydrogen) atoms. The SMILES string of the molecule is COc1cc(Cl)cc(C(=O)O)c1OCc1cc(C)nn1C. The average Bonchev–Trinajstić information content (AvgIpc) is 2.74. The fourth-order valence-electron chi connectivity index (χ4n) is 1.97. The molecule has 0 spiro atoms. The number of aromatic nitrogens is 2. The highest BCUT2D eigenvalue weighted by molar-refractivity contribution is 6.31. The number of hydrogen-bond donors (Lipinski definition) is 1. The quantitative estimate of drug-likeness (QED) is 0.919. The molecule has 2 aromatic rings. The maximum absolute atomic E-state index is 11.3. The van der Waals surface area contributed by atoms with Crippen molar-refractivity contribution < 1.29 is 19.4 Å². The monoisotopic (exact) mass is 310 g/mol. The van der Waals surface area contributed by atoms with Crippen LogP contribution in [0, 0.1) is 6.92 Å². The number of methoxy groups -OCH3 is 1. The Morgan fingerprint density at radius 1 is 1.43 bits per heavy atom. The number of benzene rings is 1. The van der Waals surface area contributed by atoms with Gasteiger partial charge >= 0.3 is 5.97 Å². The van der Waals surface area contributed by atoms with Crippen LogP contribution in [-0.2, 0) is 13.7 Å². The van der Waals surface area contributed by atoms with Crippen LogP contribution in [0.3, 0.4) is 0 Å². The summed E-state index contributed by atoms with van der Waals surface area (Å²) in [6, 6.07) is 4.71. The summed E-state index contributed by atoms with van der Waals surface area (Å²) in [5.74, 6) is -0.709. The first-order chi connectivity index (χ1) is 9.92. The fourth-order valence-corrected chi connectivity index (χ4v) is 2.18. The molecule has 0 fully saturated rings. The standard InChI is InChI=1S/C14H15ClN2O4/c1-8-4-10(17(2)16-8)7-21-13-11(14(18)19)5-9(15)6-12(13)20-3/h4-6H,7H2,1-3H3,(H,18,19). The van der Waals surface area contributed by atoms with Gasteiger partial charge in [-0.05, 0) is 19.1 Å². The first-order valence-corrected chi connectivity index (χ1v) is 6.53. The summed E-state index contributed by atoms with van der Waals surface area (Å²) in [6.07, 6.45) is 0. The normalized spacial score (nSPS) is 10.5. The van der Waals surface area contributed by atoms with Crippen molar-refractivity contribution in [1.29, 1.82) is 0 Å². The van der Waals surface area contributed by atoms with Crippen molar-refractivity contribution in [2.75, 3.05) is 7.11 Å². The van der Waals surface area contributed by atoms with Crippen molar-refractivity contribution in [2.24, 2.45) is 7.05 Å². The predicted octanol–water partition coefficient (Wildman–Crippen LogP) is 2.67. The average molecular weight is 311 g/mol. The molecule has 0 unspecified atom stereocenters. The first kappa shape index (κ1) is 15.2. The predicted molar refractivity (Wildman–Crippen MR) is 77.2 cm³/mol. The molecule has 0 saturated heterocycles. The zero-order valence-corrected chi connectivity index (χ0v) is 12.6. The van der Waals surface area contributed by atoms with Crippen LogP contribution in [0.5, 0.6) is 11.5 Å². The van der Waals surface area contributed by atoms with E-state index in [1.807, 2.05) is 13.0 Å². The van der Waals surface area contributed by atoms with Gasteiger partial charge in [-0.2, -0.15) is 5.10 Å². The number of carboxylic acid groups (broad SMARTS) is 1. The van der Waals surface area contributed by atoms with Crippen LogP contribution in [0.15, 0.2) is 18.2 Å². The van der Waals surface area contributed by atoms with Gasteiger partial charge in [0.1, 0.15) is 12.2 Å². The molecule has 1 heterocycles. The van der Waals surface area contributed by atoms with Crippen LogP contribution < -0.4 is 9.47 Å². The van der Waals surface area contributed by atoms with Gasteiger partial charge in [0, 0.05) is 18.1 Å². The smallest absolute Gasteiger partial charge is 0.339 e.